The van der Waals surface area contributed by atoms with Crippen LogP contribution in [0, 0.1) is 0 Å². The van der Waals surface area contributed by atoms with Gasteiger partial charge in [0, 0.05) is 25.7 Å². The van der Waals surface area contributed by atoms with E-state index >= 15 is 0 Å². The summed E-state index contributed by atoms with van der Waals surface area (Å²) < 4.78 is 0. The Morgan fingerprint density at radius 3 is 2.54 bits per heavy atom. The van der Waals surface area contributed by atoms with Gasteiger partial charge in [-0.25, -0.2) is 9.97 Å². The third-order valence-corrected chi connectivity index (χ3v) is 4.74. The van der Waals surface area contributed by atoms with Crippen LogP contribution in [-0.4, -0.2) is 42.2 Å². The maximum Gasteiger partial charge on any atom is 0.172 e. The standard InChI is InChI=1S/C18H25N5.ClH/c1-23(12-14-6-4-5-11-19-14)18-17(20-13-9-10-13)21-15-7-2-3-8-16(15)22-18;/h2-3,7-8,13-14,19H,4-6,9-12H2,1H3,(H,20,21);1H. The average molecular weight is 348 g/mol. The van der Waals surface area contributed by atoms with Gasteiger partial charge in [0.05, 0.1) is 11.0 Å². The first kappa shape index (κ1) is 17.2. The van der Waals surface area contributed by atoms with Crippen molar-refractivity contribution >= 4 is 35.1 Å². The lowest BCUT2D eigenvalue weighted by Gasteiger charge is -2.29. The second-order valence-corrected chi connectivity index (χ2v) is 6.83. The van der Waals surface area contributed by atoms with E-state index in [0.717, 1.165) is 35.8 Å². The van der Waals surface area contributed by atoms with Crippen molar-refractivity contribution in [3.63, 3.8) is 0 Å². The molecule has 1 aliphatic carbocycles. The summed E-state index contributed by atoms with van der Waals surface area (Å²) in [5.74, 6) is 1.91. The Kier molecular flexibility index (Phi) is 5.41. The Morgan fingerprint density at radius 1 is 1.12 bits per heavy atom. The summed E-state index contributed by atoms with van der Waals surface area (Å²) in [4.78, 5) is 12.0. The highest BCUT2D eigenvalue weighted by Gasteiger charge is 2.25. The minimum atomic E-state index is 0. The molecule has 1 saturated carbocycles. The number of nitrogens with one attached hydrogen (secondary N) is 2. The van der Waals surface area contributed by atoms with Crippen molar-refractivity contribution < 1.29 is 0 Å². The largest absolute Gasteiger partial charge is 0.364 e. The predicted molar refractivity (Wildman–Crippen MR) is 102 cm³/mol. The molecular weight excluding hydrogens is 322 g/mol. The van der Waals surface area contributed by atoms with E-state index in [1.54, 1.807) is 0 Å². The average Bonchev–Trinajstić information content (AvgIpc) is 3.39. The van der Waals surface area contributed by atoms with Gasteiger partial charge >= 0.3 is 0 Å². The molecular formula is C18H26ClN5. The smallest absolute Gasteiger partial charge is 0.172 e. The molecule has 0 spiro atoms. The van der Waals surface area contributed by atoms with Gasteiger partial charge in [-0.1, -0.05) is 18.6 Å². The number of fused-ring (bicyclic) bond motifs is 1. The molecule has 24 heavy (non-hydrogen) atoms. The van der Waals surface area contributed by atoms with Gasteiger partial charge in [0.1, 0.15) is 0 Å². The minimum Gasteiger partial charge on any atom is -0.364 e. The molecule has 1 aromatic heterocycles. The van der Waals surface area contributed by atoms with Crippen molar-refractivity contribution in [2.24, 2.45) is 0 Å². The molecule has 0 radical (unpaired) electrons. The van der Waals surface area contributed by atoms with Gasteiger partial charge in [0.25, 0.3) is 0 Å². The molecule has 1 unspecified atom stereocenters. The summed E-state index contributed by atoms with van der Waals surface area (Å²) in [6, 6.07) is 9.25. The van der Waals surface area contributed by atoms with E-state index in [2.05, 4.69) is 22.6 Å². The first-order valence-electron chi connectivity index (χ1n) is 8.77. The number of anilines is 2. The first-order valence-corrected chi connectivity index (χ1v) is 8.77. The fourth-order valence-corrected chi connectivity index (χ4v) is 3.27. The van der Waals surface area contributed by atoms with Gasteiger partial charge < -0.3 is 15.5 Å². The second-order valence-electron chi connectivity index (χ2n) is 6.83. The van der Waals surface area contributed by atoms with Crippen LogP contribution in [-0.2, 0) is 0 Å². The van der Waals surface area contributed by atoms with Crippen LogP contribution >= 0.6 is 12.4 Å². The lowest BCUT2D eigenvalue weighted by Crippen LogP contribution is -2.42. The zero-order chi connectivity index (χ0) is 15.6. The van der Waals surface area contributed by atoms with Crippen molar-refractivity contribution in [2.75, 3.05) is 30.4 Å². The molecule has 2 heterocycles. The summed E-state index contributed by atoms with van der Waals surface area (Å²) in [6.45, 7) is 2.11. The maximum atomic E-state index is 4.89. The zero-order valence-electron chi connectivity index (χ0n) is 14.2. The quantitative estimate of drug-likeness (QED) is 0.869. The van der Waals surface area contributed by atoms with E-state index in [9.17, 15) is 0 Å². The number of likely N-dealkylation sites (N-methyl/N-ethyl adjacent to an activating group) is 1. The Balaban J connectivity index is 0.00000169. The highest BCUT2D eigenvalue weighted by Crippen LogP contribution is 2.30. The van der Waals surface area contributed by atoms with Gasteiger partial charge in [-0.15, -0.1) is 12.4 Å². The molecule has 130 valence electrons. The van der Waals surface area contributed by atoms with Crippen molar-refractivity contribution in [1.82, 2.24) is 15.3 Å². The lowest BCUT2D eigenvalue weighted by atomic mass is 10.0. The molecule has 2 aromatic rings. The number of rotatable bonds is 5. The van der Waals surface area contributed by atoms with Crippen LogP contribution in [0.15, 0.2) is 24.3 Å². The number of benzene rings is 1. The maximum absolute atomic E-state index is 4.89. The molecule has 0 amide bonds. The van der Waals surface area contributed by atoms with Crippen LogP contribution in [0.4, 0.5) is 11.6 Å². The molecule has 1 aromatic carbocycles. The number of halogens is 1. The number of aromatic nitrogens is 2. The Morgan fingerprint density at radius 2 is 1.88 bits per heavy atom. The van der Waals surface area contributed by atoms with Gasteiger partial charge in [0.15, 0.2) is 11.6 Å². The van der Waals surface area contributed by atoms with E-state index in [0.29, 0.717) is 12.1 Å². The molecule has 2 N–H and O–H groups in total. The zero-order valence-corrected chi connectivity index (χ0v) is 15.0. The van der Waals surface area contributed by atoms with E-state index in [-0.39, 0.29) is 12.4 Å². The lowest BCUT2D eigenvalue weighted by molar-refractivity contribution is 0.403. The molecule has 1 saturated heterocycles. The summed E-state index contributed by atoms with van der Waals surface area (Å²) in [5, 5.41) is 7.18. The fraction of sp³-hybridized carbons (Fsp3) is 0.556. The summed E-state index contributed by atoms with van der Waals surface area (Å²) in [5.41, 5.74) is 1.93. The normalized spacial score (nSPS) is 20.5. The first-order chi connectivity index (χ1) is 11.3. The van der Waals surface area contributed by atoms with E-state index in [1.807, 2.05) is 24.3 Å². The van der Waals surface area contributed by atoms with E-state index < -0.39 is 0 Å². The van der Waals surface area contributed by atoms with Crippen molar-refractivity contribution in [3.05, 3.63) is 24.3 Å². The van der Waals surface area contributed by atoms with Gasteiger partial charge in [0.2, 0.25) is 0 Å². The Hall–Kier alpha value is -1.59. The third kappa shape index (κ3) is 3.90. The number of hydrogen-bond donors (Lipinski definition) is 2. The van der Waals surface area contributed by atoms with Crippen molar-refractivity contribution in [2.45, 2.75) is 44.2 Å². The van der Waals surface area contributed by atoms with Crippen LogP contribution < -0.4 is 15.5 Å². The van der Waals surface area contributed by atoms with Gasteiger partial charge in [-0.3, -0.25) is 0 Å². The van der Waals surface area contributed by atoms with Crippen LogP contribution in [0.1, 0.15) is 32.1 Å². The van der Waals surface area contributed by atoms with Crippen LogP contribution in [0.3, 0.4) is 0 Å². The second kappa shape index (κ2) is 7.53. The van der Waals surface area contributed by atoms with Crippen LogP contribution in [0.25, 0.3) is 11.0 Å². The monoisotopic (exact) mass is 347 g/mol. The van der Waals surface area contributed by atoms with Crippen molar-refractivity contribution in [1.29, 1.82) is 0 Å². The molecule has 0 bridgehead atoms. The molecule has 6 heteroatoms. The molecule has 5 nitrogen and oxygen atoms in total. The minimum absolute atomic E-state index is 0. The molecule has 2 aliphatic rings. The SMILES string of the molecule is CN(CC1CCCCN1)c1nc2ccccc2nc1NC1CC1.Cl. The molecule has 1 aliphatic heterocycles. The number of hydrogen-bond acceptors (Lipinski definition) is 5. The highest BCUT2D eigenvalue weighted by atomic mass is 35.5. The fourth-order valence-electron chi connectivity index (χ4n) is 3.27. The van der Waals surface area contributed by atoms with E-state index in [1.165, 1.54) is 32.1 Å². The highest BCUT2D eigenvalue weighted by molar-refractivity contribution is 5.85. The van der Waals surface area contributed by atoms with Gasteiger partial charge in [-0.2, -0.15) is 0 Å². The number of nitrogens with zero attached hydrogens (tertiary/aromatic N) is 3. The summed E-state index contributed by atoms with van der Waals surface area (Å²) in [7, 11) is 2.13. The van der Waals surface area contributed by atoms with Gasteiger partial charge in [-0.05, 0) is 44.4 Å². The predicted octanol–water partition coefficient (Wildman–Crippen LogP) is 3.20. The Bertz CT molecular complexity index is 682. The van der Waals surface area contributed by atoms with Crippen LogP contribution in [0.5, 0.6) is 0 Å². The van der Waals surface area contributed by atoms with E-state index in [4.69, 9.17) is 9.97 Å². The number of piperidine rings is 1. The van der Waals surface area contributed by atoms with Crippen molar-refractivity contribution in [3.8, 4) is 0 Å². The third-order valence-electron chi connectivity index (χ3n) is 4.74. The summed E-state index contributed by atoms with van der Waals surface area (Å²) >= 11 is 0. The van der Waals surface area contributed by atoms with Crippen LogP contribution in [0.2, 0.25) is 0 Å². The molecule has 1 atom stereocenters. The topological polar surface area (TPSA) is 53.1 Å². The summed E-state index contributed by atoms with van der Waals surface area (Å²) in [6.07, 6.45) is 6.34. The Labute approximate surface area is 149 Å². The molecule has 2 fully saturated rings. The molecule has 4 rings (SSSR count). The number of para-hydroxylation sites is 2.